The van der Waals surface area contributed by atoms with Crippen molar-refractivity contribution in [2.75, 3.05) is 0 Å². The van der Waals surface area contributed by atoms with Gasteiger partial charge in [-0.15, -0.1) is 0 Å². The molecular formula is C21H23NO5. The van der Waals surface area contributed by atoms with Gasteiger partial charge >= 0.3 is 11.9 Å². The van der Waals surface area contributed by atoms with Gasteiger partial charge in [-0.1, -0.05) is 30.3 Å². The van der Waals surface area contributed by atoms with Gasteiger partial charge in [0.1, 0.15) is 11.8 Å². The van der Waals surface area contributed by atoms with E-state index in [-0.39, 0.29) is 12.0 Å². The Morgan fingerprint density at radius 2 is 1.78 bits per heavy atom. The summed E-state index contributed by atoms with van der Waals surface area (Å²) in [7, 11) is 0. The van der Waals surface area contributed by atoms with Crippen molar-refractivity contribution in [3.8, 4) is 5.75 Å². The van der Waals surface area contributed by atoms with E-state index in [1.807, 2.05) is 30.3 Å². The molecular weight excluding hydrogens is 346 g/mol. The molecule has 2 rings (SSSR count). The van der Waals surface area contributed by atoms with E-state index in [9.17, 15) is 19.5 Å². The predicted octanol–water partition coefficient (Wildman–Crippen LogP) is 3.04. The largest absolute Gasteiger partial charge is 0.480 e. The molecule has 0 radical (unpaired) electrons. The Balaban J connectivity index is 2.16. The van der Waals surface area contributed by atoms with Gasteiger partial charge in [0.25, 0.3) is 5.91 Å². The molecule has 1 amide bonds. The summed E-state index contributed by atoms with van der Waals surface area (Å²) in [4.78, 5) is 35.5. The van der Waals surface area contributed by atoms with E-state index in [0.29, 0.717) is 17.7 Å². The predicted molar refractivity (Wildman–Crippen MR) is 101 cm³/mol. The zero-order chi connectivity index (χ0) is 20.0. The Bertz CT molecular complexity index is 845. The molecule has 0 saturated carbocycles. The minimum atomic E-state index is -1.09. The van der Waals surface area contributed by atoms with Crippen LogP contribution in [0.15, 0.2) is 42.5 Å². The average molecular weight is 369 g/mol. The second-order valence-electron chi connectivity index (χ2n) is 6.42. The molecule has 0 aliphatic rings. The molecule has 0 spiro atoms. The number of carboxylic acid groups (broad SMARTS) is 1. The van der Waals surface area contributed by atoms with Crippen molar-refractivity contribution in [1.29, 1.82) is 0 Å². The van der Waals surface area contributed by atoms with Crippen molar-refractivity contribution in [2.45, 2.75) is 39.7 Å². The van der Waals surface area contributed by atoms with Crippen LogP contribution in [0.25, 0.3) is 0 Å². The summed E-state index contributed by atoms with van der Waals surface area (Å²) in [6, 6.07) is 11.8. The zero-order valence-electron chi connectivity index (χ0n) is 15.6. The number of ether oxygens (including phenoxy) is 1. The topological polar surface area (TPSA) is 92.7 Å². The molecule has 2 aromatic rings. The number of esters is 1. The van der Waals surface area contributed by atoms with Crippen molar-refractivity contribution in [3.05, 3.63) is 64.7 Å². The Hall–Kier alpha value is -3.15. The minimum Gasteiger partial charge on any atom is -0.480 e. The Kier molecular flexibility index (Phi) is 6.71. The summed E-state index contributed by atoms with van der Waals surface area (Å²) in [6.07, 6.45) is 0.802. The van der Waals surface area contributed by atoms with Crippen molar-refractivity contribution in [1.82, 2.24) is 5.32 Å². The van der Waals surface area contributed by atoms with E-state index in [2.05, 4.69) is 5.32 Å². The molecule has 142 valence electrons. The maximum absolute atomic E-state index is 12.7. The smallest absolute Gasteiger partial charge is 0.326 e. The number of carbonyl (C=O) groups excluding carboxylic acids is 2. The van der Waals surface area contributed by atoms with Gasteiger partial charge in [-0.3, -0.25) is 9.59 Å². The van der Waals surface area contributed by atoms with E-state index in [0.717, 1.165) is 11.1 Å². The molecule has 27 heavy (non-hydrogen) atoms. The number of hydrogen-bond donors (Lipinski definition) is 2. The van der Waals surface area contributed by atoms with Crippen LogP contribution >= 0.6 is 0 Å². The molecule has 0 bridgehead atoms. The van der Waals surface area contributed by atoms with E-state index in [1.165, 1.54) is 6.92 Å². The third-order valence-electron chi connectivity index (χ3n) is 4.17. The number of carbonyl (C=O) groups is 3. The highest BCUT2D eigenvalue weighted by atomic mass is 16.5. The Labute approximate surface area is 158 Å². The lowest BCUT2D eigenvalue weighted by molar-refractivity contribution is -0.139. The standard InChI is InChI=1S/C21H23NO5/c1-13-11-17(14(2)19(12-13)27-15(3)23)20(24)22-18(21(25)26)10-9-16-7-5-4-6-8-16/h4-8,11-12,18H,9-10H2,1-3H3,(H,22,24)(H,25,26). The summed E-state index contributed by atoms with van der Waals surface area (Å²) in [5.74, 6) is -1.79. The molecule has 1 unspecified atom stereocenters. The summed E-state index contributed by atoms with van der Waals surface area (Å²) in [6.45, 7) is 4.71. The number of aryl methyl sites for hydroxylation is 2. The second-order valence-corrected chi connectivity index (χ2v) is 6.42. The maximum Gasteiger partial charge on any atom is 0.326 e. The molecule has 1 atom stereocenters. The van der Waals surface area contributed by atoms with E-state index >= 15 is 0 Å². The lowest BCUT2D eigenvalue weighted by atomic mass is 10.0. The van der Waals surface area contributed by atoms with Crippen LogP contribution in [0.1, 0.15) is 40.4 Å². The molecule has 2 N–H and O–H groups in total. The number of amides is 1. The first-order valence-electron chi connectivity index (χ1n) is 8.65. The van der Waals surface area contributed by atoms with Gasteiger partial charge in [-0.25, -0.2) is 4.79 Å². The van der Waals surface area contributed by atoms with Crippen LogP contribution < -0.4 is 10.1 Å². The molecule has 0 saturated heterocycles. The highest BCUT2D eigenvalue weighted by Gasteiger charge is 2.23. The number of hydrogen-bond acceptors (Lipinski definition) is 4. The van der Waals surface area contributed by atoms with Crippen molar-refractivity contribution in [2.24, 2.45) is 0 Å². The van der Waals surface area contributed by atoms with Crippen molar-refractivity contribution < 1.29 is 24.2 Å². The third-order valence-corrected chi connectivity index (χ3v) is 4.17. The SMILES string of the molecule is CC(=O)Oc1cc(C)cc(C(=O)NC(CCc2ccccc2)C(=O)O)c1C. The molecule has 0 aliphatic heterocycles. The highest BCUT2D eigenvalue weighted by Crippen LogP contribution is 2.24. The molecule has 6 nitrogen and oxygen atoms in total. The van der Waals surface area contributed by atoms with Crippen LogP contribution in [-0.2, 0) is 16.0 Å². The molecule has 0 fully saturated rings. The lowest BCUT2D eigenvalue weighted by Gasteiger charge is -2.17. The summed E-state index contributed by atoms with van der Waals surface area (Å²) < 4.78 is 5.14. The van der Waals surface area contributed by atoms with E-state index < -0.39 is 23.9 Å². The second kappa shape index (κ2) is 8.98. The highest BCUT2D eigenvalue weighted by molar-refractivity contribution is 5.98. The van der Waals surface area contributed by atoms with Gasteiger partial charge in [0.15, 0.2) is 0 Å². The van der Waals surface area contributed by atoms with Crippen LogP contribution in [0.2, 0.25) is 0 Å². The van der Waals surface area contributed by atoms with E-state index in [4.69, 9.17) is 4.74 Å². The van der Waals surface area contributed by atoms with Gasteiger partial charge in [0, 0.05) is 18.1 Å². The Morgan fingerprint density at radius 1 is 1.11 bits per heavy atom. The first kappa shape index (κ1) is 20.2. The van der Waals surface area contributed by atoms with Crippen LogP contribution in [-0.4, -0.2) is 29.0 Å². The first-order chi connectivity index (χ1) is 12.8. The van der Waals surface area contributed by atoms with E-state index in [1.54, 1.807) is 26.0 Å². The van der Waals surface area contributed by atoms with Gasteiger partial charge < -0.3 is 15.2 Å². The van der Waals surface area contributed by atoms with Crippen molar-refractivity contribution in [3.63, 3.8) is 0 Å². The summed E-state index contributed by atoms with van der Waals surface area (Å²) >= 11 is 0. The normalized spacial score (nSPS) is 11.5. The van der Waals surface area contributed by atoms with Crippen LogP contribution in [0.4, 0.5) is 0 Å². The van der Waals surface area contributed by atoms with Crippen LogP contribution in [0.3, 0.4) is 0 Å². The zero-order valence-corrected chi connectivity index (χ0v) is 15.6. The lowest BCUT2D eigenvalue weighted by Crippen LogP contribution is -2.41. The molecule has 6 heteroatoms. The summed E-state index contributed by atoms with van der Waals surface area (Å²) in [5.41, 5.74) is 2.51. The fourth-order valence-electron chi connectivity index (χ4n) is 2.77. The Morgan fingerprint density at radius 3 is 2.37 bits per heavy atom. The first-order valence-corrected chi connectivity index (χ1v) is 8.65. The number of benzene rings is 2. The maximum atomic E-state index is 12.7. The van der Waals surface area contributed by atoms with Crippen LogP contribution in [0, 0.1) is 13.8 Å². The van der Waals surface area contributed by atoms with Gasteiger partial charge in [0.05, 0.1) is 0 Å². The number of nitrogens with one attached hydrogen (secondary N) is 1. The monoisotopic (exact) mass is 369 g/mol. The fourth-order valence-corrected chi connectivity index (χ4v) is 2.77. The number of rotatable bonds is 7. The molecule has 0 aliphatic carbocycles. The summed E-state index contributed by atoms with van der Waals surface area (Å²) in [5, 5.41) is 12.0. The van der Waals surface area contributed by atoms with Crippen molar-refractivity contribution >= 4 is 17.8 Å². The van der Waals surface area contributed by atoms with Crippen LogP contribution in [0.5, 0.6) is 5.75 Å². The average Bonchev–Trinajstić information content (AvgIpc) is 2.61. The minimum absolute atomic E-state index is 0.271. The quantitative estimate of drug-likeness (QED) is 0.578. The molecule has 0 heterocycles. The number of aliphatic carboxylic acids is 1. The molecule has 0 aromatic heterocycles. The fraction of sp³-hybridized carbons (Fsp3) is 0.286. The van der Waals surface area contributed by atoms with Gasteiger partial charge in [-0.2, -0.15) is 0 Å². The number of carboxylic acids is 1. The van der Waals surface area contributed by atoms with Gasteiger partial charge in [0.2, 0.25) is 0 Å². The third kappa shape index (κ3) is 5.67. The molecule has 2 aromatic carbocycles. The van der Waals surface area contributed by atoms with Gasteiger partial charge in [-0.05, 0) is 49.9 Å².